The quantitative estimate of drug-likeness (QED) is 0.717. The van der Waals surface area contributed by atoms with Crippen LogP contribution in [0.4, 0.5) is 0 Å². The van der Waals surface area contributed by atoms with Crippen LogP contribution in [0.25, 0.3) is 10.9 Å². The van der Waals surface area contributed by atoms with Gasteiger partial charge in [-0.3, -0.25) is 0 Å². The second kappa shape index (κ2) is 4.88. The maximum atomic E-state index is 4.39. The molecule has 2 aromatic heterocycles. The molecule has 98 valence electrons. The Balaban J connectivity index is 2.01. The first-order valence-electron chi connectivity index (χ1n) is 6.71. The fourth-order valence-corrected chi connectivity index (χ4v) is 2.51. The zero-order valence-electron chi connectivity index (χ0n) is 11.4. The lowest BCUT2D eigenvalue weighted by Crippen LogP contribution is -2.10. The van der Waals surface area contributed by atoms with E-state index < -0.39 is 0 Å². The van der Waals surface area contributed by atoms with Crippen molar-refractivity contribution in [2.24, 2.45) is 0 Å². The molecular formula is C15H18N4. The minimum absolute atomic E-state index is 0.777. The van der Waals surface area contributed by atoms with Crippen molar-refractivity contribution in [1.82, 2.24) is 19.3 Å². The van der Waals surface area contributed by atoms with Gasteiger partial charge in [-0.2, -0.15) is 5.10 Å². The van der Waals surface area contributed by atoms with E-state index in [9.17, 15) is 0 Å². The zero-order valence-corrected chi connectivity index (χ0v) is 11.4. The molecule has 4 nitrogen and oxygen atoms in total. The van der Waals surface area contributed by atoms with Gasteiger partial charge < -0.3 is 4.57 Å². The van der Waals surface area contributed by atoms with Crippen molar-refractivity contribution < 1.29 is 0 Å². The standard InChI is InChI=1S/C15H18N4/c1-3-8-19-15(16-11-17-19)10-18-12(2)9-13-6-4-5-7-14(13)18/h4-7,9,11H,3,8,10H2,1-2H3. The number of nitrogens with zero attached hydrogens (tertiary/aromatic N) is 4. The summed E-state index contributed by atoms with van der Waals surface area (Å²) in [5.41, 5.74) is 2.51. The van der Waals surface area contributed by atoms with E-state index >= 15 is 0 Å². The third-order valence-corrected chi connectivity index (χ3v) is 3.45. The van der Waals surface area contributed by atoms with Crippen LogP contribution in [0.3, 0.4) is 0 Å². The molecule has 19 heavy (non-hydrogen) atoms. The van der Waals surface area contributed by atoms with Gasteiger partial charge in [0.25, 0.3) is 0 Å². The van der Waals surface area contributed by atoms with Crippen molar-refractivity contribution in [3.05, 3.63) is 48.2 Å². The Morgan fingerprint density at radius 3 is 2.89 bits per heavy atom. The third-order valence-electron chi connectivity index (χ3n) is 3.45. The average Bonchev–Trinajstić information content (AvgIpc) is 2.97. The summed E-state index contributed by atoms with van der Waals surface area (Å²) in [6.45, 7) is 6.00. The molecule has 0 fully saturated rings. The summed E-state index contributed by atoms with van der Waals surface area (Å²) in [4.78, 5) is 4.39. The Kier molecular flexibility index (Phi) is 3.07. The molecule has 0 bridgehead atoms. The van der Waals surface area contributed by atoms with Gasteiger partial charge in [-0.25, -0.2) is 9.67 Å². The van der Waals surface area contributed by atoms with Crippen LogP contribution < -0.4 is 0 Å². The highest BCUT2D eigenvalue weighted by molar-refractivity contribution is 5.81. The zero-order chi connectivity index (χ0) is 13.2. The number of aromatic nitrogens is 4. The number of hydrogen-bond acceptors (Lipinski definition) is 2. The van der Waals surface area contributed by atoms with Crippen LogP contribution in [-0.4, -0.2) is 19.3 Å². The number of hydrogen-bond donors (Lipinski definition) is 0. The average molecular weight is 254 g/mol. The monoisotopic (exact) mass is 254 g/mol. The lowest BCUT2D eigenvalue weighted by atomic mass is 10.2. The Bertz CT molecular complexity index is 693. The summed E-state index contributed by atoms with van der Waals surface area (Å²) < 4.78 is 4.29. The van der Waals surface area contributed by atoms with Crippen LogP contribution >= 0.6 is 0 Å². The smallest absolute Gasteiger partial charge is 0.146 e. The van der Waals surface area contributed by atoms with E-state index in [2.05, 4.69) is 58.8 Å². The first-order valence-corrected chi connectivity index (χ1v) is 6.71. The van der Waals surface area contributed by atoms with Gasteiger partial charge in [0.1, 0.15) is 12.2 Å². The highest BCUT2D eigenvalue weighted by Gasteiger charge is 2.09. The lowest BCUT2D eigenvalue weighted by Gasteiger charge is -2.09. The Morgan fingerprint density at radius 2 is 2.05 bits per heavy atom. The molecule has 0 aliphatic heterocycles. The number of rotatable bonds is 4. The minimum atomic E-state index is 0.777. The number of benzene rings is 1. The van der Waals surface area contributed by atoms with Crippen molar-refractivity contribution >= 4 is 10.9 Å². The summed E-state index contributed by atoms with van der Waals surface area (Å²) in [6.07, 6.45) is 2.72. The highest BCUT2D eigenvalue weighted by atomic mass is 15.3. The summed E-state index contributed by atoms with van der Waals surface area (Å²) in [7, 11) is 0. The third kappa shape index (κ3) is 2.14. The summed E-state index contributed by atoms with van der Waals surface area (Å²) in [6, 6.07) is 10.7. The van der Waals surface area contributed by atoms with Gasteiger partial charge in [-0.15, -0.1) is 0 Å². The molecule has 0 amide bonds. The molecule has 0 unspecified atom stereocenters. The van der Waals surface area contributed by atoms with Gasteiger partial charge in [0.15, 0.2) is 0 Å². The summed E-state index contributed by atoms with van der Waals surface area (Å²) in [5.74, 6) is 1.02. The molecular weight excluding hydrogens is 236 g/mol. The van der Waals surface area contributed by atoms with Crippen molar-refractivity contribution in [2.75, 3.05) is 0 Å². The molecule has 4 heteroatoms. The predicted octanol–water partition coefficient (Wildman–Crippen LogP) is 3.00. The van der Waals surface area contributed by atoms with E-state index in [0.29, 0.717) is 0 Å². The fourth-order valence-electron chi connectivity index (χ4n) is 2.51. The molecule has 1 aromatic carbocycles. The molecule has 0 atom stereocenters. The maximum absolute atomic E-state index is 4.39. The van der Waals surface area contributed by atoms with Crippen molar-refractivity contribution in [2.45, 2.75) is 33.4 Å². The van der Waals surface area contributed by atoms with Crippen molar-refractivity contribution in [1.29, 1.82) is 0 Å². The molecule has 3 rings (SSSR count). The first-order chi connectivity index (χ1) is 9.29. The number of para-hydroxylation sites is 1. The topological polar surface area (TPSA) is 35.6 Å². The highest BCUT2D eigenvalue weighted by Crippen LogP contribution is 2.20. The molecule has 0 saturated heterocycles. The SMILES string of the molecule is CCCn1ncnc1Cn1c(C)cc2ccccc21. The van der Waals surface area contributed by atoms with Gasteiger partial charge in [-0.1, -0.05) is 25.1 Å². The molecule has 0 spiro atoms. The number of fused-ring (bicyclic) bond motifs is 1. The van der Waals surface area contributed by atoms with E-state index in [1.54, 1.807) is 6.33 Å². The molecule has 3 aromatic rings. The van der Waals surface area contributed by atoms with Crippen LogP contribution in [0.2, 0.25) is 0 Å². The molecule has 0 aliphatic rings. The Labute approximate surface area is 112 Å². The molecule has 0 radical (unpaired) electrons. The van der Waals surface area contributed by atoms with Gasteiger partial charge in [-0.05, 0) is 30.9 Å². The molecule has 0 saturated carbocycles. The first kappa shape index (κ1) is 12.0. The Hall–Kier alpha value is -2.10. The number of aryl methyl sites for hydroxylation is 2. The second-order valence-corrected chi connectivity index (χ2v) is 4.83. The molecule has 2 heterocycles. The van der Waals surface area contributed by atoms with E-state index in [-0.39, 0.29) is 0 Å². The van der Waals surface area contributed by atoms with E-state index in [0.717, 1.165) is 25.3 Å². The minimum Gasteiger partial charge on any atom is -0.337 e. The van der Waals surface area contributed by atoms with E-state index in [1.807, 2.05) is 4.68 Å². The normalized spacial score (nSPS) is 11.3. The van der Waals surface area contributed by atoms with E-state index in [1.165, 1.54) is 16.6 Å². The van der Waals surface area contributed by atoms with Gasteiger partial charge >= 0.3 is 0 Å². The Morgan fingerprint density at radius 1 is 1.21 bits per heavy atom. The second-order valence-electron chi connectivity index (χ2n) is 4.83. The van der Waals surface area contributed by atoms with Crippen LogP contribution in [0.1, 0.15) is 24.9 Å². The lowest BCUT2D eigenvalue weighted by molar-refractivity contribution is 0.555. The summed E-state index contributed by atoms with van der Waals surface area (Å²) in [5, 5.41) is 5.57. The molecule has 0 aliphatic carbocycles. The maximum Gasteiger partial charge on any atom is 0.146 e. The van der Waals surface area contributed by atoms with Gasteiger partial charge in [0, 0.05) is 17.8 Å². The van der Waals surface area contributed by atoms with Crippen LogP contribution in [0.15, 0.2) is 36.7 Å². The van der Waals surface area contributed by atoms with Crippen LogP contribution in [0, 0.1) is 6.92 Å². The van der Waals surface area contributed by atoms with Crippen molar-refractivity contribution in [3.63, 3.8) is 0 Å². The largest absolute Gasteiger partial charge is 0.337 e. The van der Waals surface area contributed by atoms with Crippen molar-refractivity contribution in [3.8, 4) is 0 Å². The van der Waals surface area contributed by atoms with E-state index in [4.69, 9.17) is 0 Å². The van der Waals surface area contributed by atoms with Crippen LogP contribution in [-0.2, 0) is 13.1 Å². The summed E-state index contributed by atoms with van der Waals surface area (Å²) >= 11 is 0. The van der Waals surface area contributed by atoms with Crippen LogP contribution in [0.5, 0.6) is 0 Å². The van der Waals surface area contributed by atoms with Gasteiger partial charge in [0.05, 0.1) is 6.54 Å². The molecule has 0 N–H and O–H groups in total. The predicted molar refractivity (Wildman–Crippen MR) is 76.1 cm³/mol. The fraction of sp³-hybridized carbons (Fsp3) is 0.333. The van der Waals surface area contributed by atoms with Gasteiger partial charge in [0.2, 0.25) is 0 Å².